The van der Waals surface area contributed by atoms with Crippen molar-refractivity contribution in [2.75, 3.05) is 17.7 Å². The maximum atomic E-state index is 9.45. The van der Waals surface area contributed by atoms with Gasteiger partial charge in [-0.1, -0.05) is 37.4 Å². The number of nitrogens with zero attached hydrogens (tertiary/aromatic N) is 2. The van der Waals surface area contributed by atoms with Crippen molar-refractivity contribution >= 4 is 34.3 Å². The first-order chi connectivity index (χ1) is 9.65. The van der Waals surface area contributed by atoms with E-state index < -0.39 is 0 Å². The van der Waals surface area contributed by atoms with Crippen LogP contribution in [0.2, 0.25) is 5.02 Å². The first-order valence-corrected chi connectivity index (χ1v) is 7.12. The van der Waals surface area contributed by atoms with Gasteiger partial charge in [0.05, 0.1) is 28.6 Å². The van der Waals surface area contributed by atoms with Gasteiger partial charge in [0.15, 0.2) is 0 Å². The number of fused-ring (bicyclic) bond motifs is 1. The predicted molar refractivity (Wildman–Crippen MR) is 83.0 cm³/mol. The van der Waals surface area contributed by atoms with Crippen molar-refractivity contribution in [3.63, 3.8) is 0 Å². The van der Waals surface area contributed by atoms with Gasteiger partial charge in [-0.2, -0.15) is 4.98 Å². The first kappa shape index (κ1) is 14.8. The van der Waals surface area contributed by atoms with Crippen molar-refractivity contribution < 1.29 is 5.11 Å². The van der Waals surface area contributed by atoms with Crippen LogP contribution >= 0.6 is 11.6 Å². The summed E-state index contributed by atoms with van der Waals surface area (Å²) in [7, 11) is 0. The van der Waals surface area contributed by atoms with Crippen LogP contribution in [0.25, 0.3) is 10.9 Å². The van der Waals surface area contributed by atoms with Crippen molar-refractivity contribution in [3.8, 4) is 0 Å². The van der Waals surface area contributed by atoms with Crippen molar-refractivity contribution in [2.24, 2.45) is 0 Å². The van der Waals surface area contributed by atoms with Crippen molar-refractivity contribution in [2.45, 2.75) is 32.2 Å². The van der Waals surface area contributed by atoms with Gasteiger partial charge < -0.3 is 16.2 Å². The molecule has 2 aromatic rings. The molecule has 0 unspecified atom stereocenters. The Morgan fingerprint density at radius 3 is 2.90 bits per heavy atom. The van der Waals surface area contributed by atoms with E-state index >= 15 is 0 Å². The molecular formula is C14H19ClN4O. The standard InChI is InChI=1S/C14H19ClN4O/c1-2-3-5-9(8-20)17-13-12-10(15)6-4-7-11(12)18-14(16)19-13/h4,6-7,9,20H,2-3,5,8H2,1H3,(H3,16,17,18,19)/t9-/m1/s1. The lowest BCUT2D eigenvalue weighted by Gasteiger charge is -2.18. The molecule has 0 amide bonds. The highest BCUT2D eigenvalue weighted by Crippen LogP contribution is 2.29. The number of unbranched alkanes of at least 4 members (excludes halogenated alkanes) is 1. The Morgan fingerprint density at radius 2 is 2.20 bits per heavy atom. The van der Waals surface area contributed by atoms with E-state index in [4.69, 9.17) is 17.3 Å². The van der Waals surface area contributed by atoms with Crippen LogP contribution in [-0.4, -0.2) is 27.7 Å². The molecule has 108 valence electrons. The van der Waals surface area contributed by atoms with Gasteiger partial charge in [0.2, 0.25) is 5.95 Å². The third kappa shape index (κ3) is 3.29. The molecule has 20 heavy (non-hydrogen) atoms. The van der Waals surface area contributed by atoms with Crippen LogP contribution in [0.5, 0.6) is 0 Å². The van der Waals surface area contributed by atoms with Crippen LogP contribution in [-0.2, 0) is 0 Å². The van der Waals surface area contributed by atoms with Gasteiger partial charge in [-0.05, 0) is 18.6 Å². The number of nitrogen functional groups attached to an aromatic ring is 1. The molecular weight excluding hydrogens is 276 g/mol. The summed E-state index contributed by atoms with van der Waals surface area (Å²) in [5, 5.41) is 14.0. The molecule has 0 spiro atoms. The summed E-state index contributed by atoms with van der Waals surface area (Å²) in [5.41, 5.74) is 6.42. The van der Waals surface area contributed by atoms with Crippen LogP contribution in [0, 0.1) is 0 Å². The maximum absolute atomic E-state index is 9.45. The minimum Gasteiger partial charge on any atom is -0.394 e. The molecule has 0 fully saturated rings. The molecule has 0 aliphatic carbocycles. The second-order valence-electron chi connectivity index (χ2n) is 4.73. The monoisotopic (exact) mass is 294 g/mol. The van der Waals surface area contributed by atoms with Crippen molar-refractivity contribution in [3.05, 3.63) is 23.2 Å². The lowest BCUT2D eigenvalue weighted by molar-refractivity contribution is 0.267. The summed E-state index contributed by atoms with van der Waals surface area (Å²) in [6.07, 6.45) is 2.97. The summed E-state index contributed by atoms with van der Waals surface area (Å²) in [5.74, 6) is 0.766. The Bertz CT molecular complexity index is 591. The minimum absolute atomic E-state index is 0.0376. The number of aliphatic hydroxyl groups excluding tert-OH is 1. The number of anilines is 2. The smallest absolute Gasteiger partial charge is 0.222 e. The van der Waals surface area contributed by atoms with Gasteiger partial charge in [-0.3, -0.25) is 0 Å². The van der Waals surface area contributed by atoms with Gasteiger partial charge in [0.25, 0.3) is 0 Å². The number of nitrogens with two attached hydrogens (primary N) is 1. The Balaban J connectivity index is 2.37. The molecule has 0 bridgehead atoms. The quantitative estimate of drug-likeness (QED) is 0.763. The second kappa shape index (κ2) is 6.72. The summed E-state index contributed by atoms with van der Waals surface area (Å²) in [4.78, 5) is 8.39. The highest BCUT2D eigenvalue weighted by Gasteiger charge is 2.13. The third-order valence-corrected chi connectivity index (χ3v) is 3.47. The Hall–Kier alpha value is -1.59. The van der Waals surface area contributed by atoms with Crippen LogP contribution in [0.1, 0.15) is 26.2 Å². The number of halogens is 1. The molecule has 0 aliphatic heterocycles. The lowest BCUT2D eigenvalue weighted by Crippen LogP contribution is -2.24. The fourth-order valence-corrected chi connectivity index (χ4v) is 2.38. The predicted octanol–water partition coefficient (Wildman–Crippen LogP) is 2.83. The summed E-state index contributed by atoms with van der Waals surface area (Å²) >= 11 is 6.22. The van der Waals surface area contributed by atoms with E-state index in [-0.39, 0.29) is 18.6 Å². The van der Waals surface area contributed by atoms with E-state index in [0.717, 1.165) is 24.6 Å². The van der Waals surface area contributed by atoms with Gasteiger partial charge in [0, 0.05) is 0 Å². The highest BCUT2D eigenvalue weighted by atomic mass is 35.5. The van der Waals surface area contributed by atoms with Crippen molar-refractivity contribution in [1.29, 1.82) is 0 Å². The number of hydrogen-bond donors (Lipinski definition) is 3. The molecule has 5 nitrogen and oxygen atoms in total. The highest BCUT2D eigenvalue weighted by molar-refractivity contribution is 6.36. The normalized spacial score (nSPS) is 12.6. The molecule has 0 saturated carbocycles. The Morgan fingerprint density at radius 1 is 1.40 bits per heavy atom. The first-order valence-electron chi connectivity index (χ1n) is 6.74. The number of benzene rings is 1. The average molecular weight is 295 g/mol. The molecule has 0 radical (unpaired) electrons. The Kier molecular flexibility index (Phi) is 4.98. The summed E-state index contributed by atoms with van der Waals surface area (Å²) in [6.45, 7) is 2.15. The fraction of sp³-hybridized carbons (Fsp3) is 0.429. The molecule has 6 heteroatoms. The minimum atomic E-state index is -0.0660. The zero-order chi connectivity index (χ0) is 14.5. The van der Waals surface area contributed by atoms with Gasteiger partial charge in [0.1, 0.15) is 5.82 Å². The van der Waals surface area contributed by atoms with E-state index in [1.165, 1.54) is 0 Å². The number of aliphatic hydroxyl groups is 1. The fourth-order valence-electron chi connectivity index (χ4n) is 2.12. The zero-order valence-corrected chi connectivity index (χ0v) is 12.2. The number of rotatable bonds is 6. The van der Waals surface area contributed by atoms with Crippen molar-refractivity contribution in [1.82, 2.24) is 9.97 Å². The van der Waals surface area contributed by atoms with E-state index in [1.54, 1.807) is 6.07 Å². The van der Waals surface area contributed by atoms with E-state index in [0.29, 0.717) is 16.4 Å². The second-order valence-corrected chi connectivity index (χ2v) is 5.14. The molecule has 1 heterocycles. The molecule has 1 aromatic heterocycles. The van der Waals surface area contributed by atoms with Crippen LogP contribution in [0.3, 0.4) is 0 Å². The molecule has 4 N–H and O–H groups in total. The average Bonchev–Trinajstić information content (AvgIpc) is 2.42. The molecule has 1 aromatic carbocycles. The van der Waals surface area contributed by atoms with Crippen LogP contribution in [0.4, 0.5) is 11.8 Å². The SMILES string of the molecule is CCCC[C@H](CO)Nc1nc(N)nc2cccc(Cl)c12. The maximum Gasteiger partial charge on any atom is 0.222 e. The number of aromatic nitrogens is 2. The van der Waals surface area contributed by atoms with E-state index in [2.05, 4.69) is 22.2 Å². The van der Waals surface area contributed by atoms with E-state index in [9.17, 15) is 5.11 Å². The molecule has 0 saturated heterocycles. The van der Waals surface area contributed by atoms with Gasteiger partial charge >= 0.3 is 0 Å². The third-order valence-electron chi connectivity index (χ3n) is 3.16. The Labute approximate surface area is 123 Å². The lowest BCUT2D eigenvalue weighted by atomic mass is 10.1. The molecule has 2 rings (SSSR count). The van der Waals surface area contributed by atoms with Crippen LogP contribution < -0.4 is 11.1 Å². The van der Waals surface area contributed by atoms with Gasteiger partial charge in [-0.15, -0.1) is 0 Å². The zero-order valence-electron chi connectivity index (χ0n) is 11.4. The molecule has 0 aliphatic rings. The topological polar surface area (TPSA) is 84.1 Å². The molecule has 1 atom stereocenters. The largest absolute Gasteiger partial charge is 0.394 e. The summed E-state index contributed by atoms with van der Waals surface area (Å²) < 4.78 is 0. The number of nitrogens with one attached hydrogen (secondary N) is 1. The van der Waals surface area contributed by atoms with Gasteiger partial charge in [-0.25, -0.2) is 4.98 Å². The number of hydrogen-bond acceptors (Lipinski definition) is 5. The summed E-state index contributed by atoms with van der Waals surface area (Å²) in [6, 6.07) is 5.38. The van der Waals surface area contributed by atoms with E-state index in [1.807, 2.05) is 12.1 Å². The van der Waals surface area contributed by atoms with Crippen LogP contribution in [0.15, 0.2) is 18.2 Å².